The molecule has 0 saturated carbocycles. The Morgan fingerprint density at radius 1 is 1.14 bits per heavy atom. The first-order valence-corrected chi connectivity index (χ1v) is 7.63. The summed E-state index contributed by atoms with van der Waals surface area (Å²) in [6.45, 7) is 4.29. The topological polar surface area (TPSA) is 46.2 Å². The van der Waals surface area contributed by atoms with Crippen LogP contribution in [0.1, 0.15) is 34.3 Å². The molecule has 2 rings (SSSR count). The summed E-state index contributed by atoms with van der Waals surface area (Å²) in [5.74, 6) is -0.763. The molecule has 0 aromatic heterocycles. The van der Waals surface area contributed by atoms with Crippen molar-refractivity contribution in [3.63, 3.8) is 0 Å². The van der Waals surface area contributed by atoms with Crippen LogP contribution in [0.3, 0.4) is 0 Å². The molecule has 0 aliphatic carbocycles. The molecule has 2 aromatic carbocycles. The van der Waals surface area contributed by atoms with Gasteiger partial charge in [-0.2, -0.15) is 0 Å². The van der Waals surface area contributed by atoms with Crippen molar-refractivity contribution in [3.8, 4) is 0 Å². The van der Waals surface area contributed by atoms with Crippen molar-refractivity contribution in [2.75, 3.05) is 6.54 Å². The second-order valence-corrected chi connectivity index (χ2v) is 6.21. The summed E-state index contributed by atoms with van der Waals surface area (Å²) in [5, 5.41) is 10.6. The van der Waals surface area contributed by atoms with Crippen LogP contribution < -0.4 is 5.73 Å². The van der Waals surface area contributed by atoms with Crippen LogP contribution in [-0.4, -0.2) is 11.7 Å². The van der Waals surface area contributed by atoms with Crippen molar-refractivity contribution < 1.29 is 9.50 Å². The van der Waals surface area contributed by atoms with Crippen LogP contribution in [0.15, 0.2) is 40.9 Å². The predicted octanol–water partition coefficient (Wildman–Crippen LogP) is 3.98. The monoisotopic (exact) mass is 351 g/mol. The maximum Gasteiger partial charge on any atom is 0.129 e. The zero-order valence-corrected chi connectivity index (χ0v) is 13.7. The Bertz CT molecular complexity index is 645. The van der Waals surface area contributed by atoms with Gasteiger partial charge in [0.2, 0.25) is 0 Å². The summed E-state index contributed by atoms with van der Waals surface area (Å²) >= 11 is 3.30. The van der Waals surface area contributed by atoms with E-state index in [1.807, 2.05) is 32.0 Å². The average Bonchev–Trinajstić information content (AvgIpc) is 2.46. The predicted molar refractivity (Wildman–Crippen MR) is 86.8 cm³/mol. The van der Waals surface area contributed by atoms with Gasteiger partial charge in [0, 0.05) is 22.5 Å². The number of rotatable bonds is 4. The first-order chi connectivity index (χ1) is 9.93. The highest BCUT2D eigenvalue weighted by molar-refractivity contribution is 9.10. The number of halogens is 2. The van der Waals surface area contributed by atoms with E-state index in [2.05, 4.69) is 15.9 Å². The van der Waals surface area contributed by atoms with Crippen molar-refractivity contribution in [1.29, 1.82) is 0 Å². The minimum atomic E-state index is -0.977. The van der Waals surface area contributed by atoms with Crippen molar-refractivity contribution in [2.45, 2.75) is 25.9 Å². The van der Waals surface area contributed by atoms with Crippen LogP contribution in [0.2, 0.25) is 0 Å². The van der Waals surface area contributed by atoms with Crippen LogP contribution in [0.5, 0.6) is 0 Å². The molecule has 0 heterocycles. The molecule has 2 unspecified atom stereocenters. The third kappa shape index (κ3) is 3.51. The lowest BCUT2D eigenvalue weighted by atomic mass is 9.87. The molecule has 2 nitrogen and oxygen atoms in total. The van der Waals surface area contributed by atoms with Gasteiger partial charge >= 0.3 is 0 Å². The Morgan fingerprint density at radius 3 is 2.48 bits per heavy atom. The number of hydrogen-bond acceptors (Lipinski definition) is 2. The number of aryl methyl sites for hydroxylation is 2. The van der Waals surface area contributed by atoms with Gasteiger partial charge in [-0.1, -0.05) is 34.1 Å². The fraction of sp³-hybridized carbons (Fsp3) is 0.294. The lowest BCUT2D eigenvalue weighted by Crippen LogP contribution is -2.21. The standard InChI is InChI=1S/C17H19BrFNO/c1-10-3-4-12(7-11(10)2)15(9-20)17(21)14-8-13(18)5-6-16(14)19/h3-8,15,17,21H,9,20H2,1-2H3. The molecule has 3 N–H and O–H groups in total. The minimum Gasteiger partial charge on any atom is -0.388 e. The molecule has 0 saturated heterocycles. The minimum absolute atomic E-state index is 0.246. The SMILES string of the molecule is Cc1ccc(C(CN)C(O)c2cc(Br)ccc2F)cc1C. The number of hydrogen-bond donors (Lipinski definition) is 2. The number of aliphatic hydroxyl groups excluding tert-OH is 1. The molecular formula is C17H19BrFNO. The number of aliphatic hydroxyl groups is 1. The van der Waals surface area contributed by atoms with Crippen LogP contribution >= 0.6 is 15.9 Å². The number of benzene rings is 2. The second-order valence-electron chi connectivity index (χ2n) is 5.30. The average molecular weight is 352 g/mol. The van der Waals surface area contributed by atoms with Gasteiger partial charge in [-0.3, -0.25) is 0 Å². The van der Waals surface area contributed by atoms with Gasteiger partial charge in [-0.05, 0) is 48.7 Å². The fourth-order valence-corrected chi connectivity index (χ4v) is 2.78. The van der Waals surface area contributed by atoms with Crippen LogP contribution in [0, 0.1) is 19.7 Å². The molecule has 2 aromatic rings. The highest BCUT2D eigenvalue weighted by Gasteiger charge is 2.24. The Kier molecular flexibility index (Phi) is 5.14. The zero-order chi connectivity index (χ0) is 15.6. The summed E-state index contributed by atoms with van der Waals surface area (Å²) in [4.78, 5) is 0. The Labute approximate surface area is 132 Å². The first-order valence-electron chi connectivity index (χ1n) is 6.84. The summed E-state index contributed by atoms with van der Waals surface area (Å²) in [6, 6.07) is 10.5. The first kappa shape index (κ1) is 16.1. The molecular weight excluding hydrogens is 333 g/mol. The molecule has 21 heavy (non-hydrogen) atoms. The van der Waals surface area contributed by atoms with E-state index >= 15 is 0 Å². The third-order valence-electron chi connectivity index (χ3n) is 3.87. The Balaban J connectivity index is 2.40. The molecule has 0 fully saturated rings. The van der Waals surface area contributed by atoms with Crippen LogP contribution in [0.4, 0.5) is 4.39 Å². The van der Waals surface area contributed by atoms with E-state index in [1.165, 1.54) is 11.6 Å². The van der Waals surface area contributed by atoms with Crippen molar-refractivity contribution >= 4 is 15.9 Å². The van der Waals surface area contributed by atoms with E-state index < -0.39 is 11.9 Å². The van der Waals surface area contributed by atoms with Crippen molar-refractivity contribution in [3.05, 3.63) is 68.9 Å². The lowest BCUT2D eigenvalue weighted by Gasteiger charge is -2.23. The molecule has 4 heteroatoms. The van der Waals surface area contributed by atoms with Gasteiger partial charge in [-0.15, -0.1) is 0 Å². The largest absolute Gasteiger partial charge is 0.388 e. The van der Waals surface area contributed by atoms with E-state index in [4.69, 9.17) is 5.73 Å². The van der Waals surface area contributed by atoms with Crippen LogP contribution in [-0.2, 0) is 0 Å². The van der Waals surface area contributed by atoms with Gasteiger partial charge in [0.1, 0.15) is 5.82 Å². The Hall–Kier alpha value is -1.23. The maximum atomic E-state index is 14.0. The smallest absolute Gasteiger partial charge is 0.129 e. The fourth-order valence-electron chi connectivity index (χ4n) is 2.40. The molecule has 2 atom stereocenters. The van der Waals surface area contributed by atoms with Gasteiger partial charge in [0.15, 0.2) is 0 Å². The molecule has 112 valence electrons. The summed E-state index contributed by atoms with van der Waals surface area (Å²) in [6.07, 6.45) is -0.977. The van der Waals surface area contributed by atoms with Gasteiger partial charge in [0.05, 0.1) is 6.10 Å². The highest BCUT2D eigenvalue weighted by Crippen LogP contribution is 2.33. The van der Waals surface area contributed by atoms with E-state index in [-0.39, 0.29) is 18.0 Å². The number of nitrogens with two attached hydrogens (primary N) is 1. The molecule has 0 amide bonds. The van der Waals surface area contributed by atoms with Gasteiger partial charge in [0.25, 0.3) is 0 Å². The molecule has 0 aliphatic heterocycles. The molecule has 0 aliphatic rings. The highest BCUT2D eigenvalue weighted by atomic mass is 79.9. The Morgan fingerprint density at radius 2 is 1.86 bits per heavy atom. The summed E-state index contributed by atoms with van der Waals surface area (Å²) in [7, 11) is 0. The molecule has 0 radical (unpaired) electrons. The van der Waals surface area contributed by atoms with E-state index in [1.54, 1.807) is 12.1 Å². The summed E-state index contributed by atoms with van der Waals surface area (Å²) < 4.78 is 14.7. The van der Waals surface area contributed by atoms with Gasteiger partial charge in [-0.25, -0.2) is 4.39 Å². The summed E-state index contributed by atoms with van der Waals surface area (Å²) in [5.41, 5.74) is 9.32. The van der Waals surface area contributed by atoms with Gasteiger partial charge < -0.3 is 10.8 Å². The maximum absolute atomic E-state index is 14.0. The quantitative estimate of drug-likeness (QED) is 0.874. The van der Waals surface area contributed by atoms with E-state index in [9.17, 15) is 9.50 Å². The van der Waals surface area contributed by atoms with Crippen LogP contribution in [0.25, 0.3) is 0 Å². The lowest BCUT2D eigenvalue weighted by molar-refractivity contribution is 0.143. The van der Waals surface area contributed by atoms with E-state index in [0.29, 0.717) is 0 Å². The zero-order valence-electron chi connectivity index (χ0n) is 12.1. The van der Waals surface area contributed by atoms with E-state index in [0.717, 1.165) is 15.6 Å². The molecule has 0 bridgehead atoms. The van der Waals surface area contributed by atoms with Crippen molar-refractivity contribution in [1.82, 2.24) is 0 Å². The third-order valence-corrected chi connectivity index (χ3v) is 4.36. The normalized spacial score (nSPS) is 14.0. The van der Waals surface area contributed by atoms with Crippen molar-refractivity contribution in [2.24, 2.45) is 5.73 Å². The molecule has 0 spiro atoms. The second kappa shape index (κ2) is 6.69.